The summed E-state index contributed by atoms with van der Waals surface area (Å²) in [6.07, 6.45) is 8.76. The molecule has 6 heteroatoms. The molecule has 0 amide bonds. The van der Waals surface area contributed by atoms with Gasteiger partial charge in [-0.3, -0.25) is 0 Å². The molecule has 28 heavy (non-hydrogen) atoms. The molecular formula is C22H35F3O3. The van der Waals surface area contributed by atoms with Crippen molar-refractivity contribution in [2.24, 2.45) is 17.8 Å². The van der Waals surface area contributed by atoms with E-state index in [1.54, 1.807) is 0 Å². The maximum Gasteiger partial charge on any atom is 0.410 e. The van der Waals surface area contributed by atoms with Crippen molar-refractivity contribution in [2.45, 2.75) is 96.3 Å². The van der Waals surface area contributed by atoms with Crippen LogP contribution in [-0.2, 0) is 9.53 Å². The molecule has 0 spiro atoms. The van der Waals surface area contributed by atoms with E-state index in [9.17, 15) is 18.0 Å². The summed E-state index contributed by atoms with van der Waals surface area (Å²) in [5, 5.41) is 9.02. The Morgan fingerprint density at radius 3 is 2.07 bits per heavy atom. The van der Waals surface area contributed by atoms with Gasteiger partial charge < -0.3 is 9.84 Å². The van der Waals surface area contributed by atoms with Gasteiger partial charge in [0.1, 0.15) is 6.10 Å². The third kappa shape index (κ3) is 7.76. The first-order valence-corrected chi connectivity index (χ1v) is 10.9. The Bertz CT molecular complexity index is 500. The average molecular weight is 405 g/mol. The minimum absolute atomic E-state index is 0.167. The monoisotopic (exact) mass is 404 g/mol. The molecule has 0 atom stereocenters. The minimum Gasteiger partial charge on any atom is -0.459 e. The Labute approximate surface area is 166 Å². The second-order valence-corrected chi connectivity index (χ2v) is 8.59. The summed E-state index contributed by atoms with van der Waals surface area (Å²) in [6.45, 7) is 1.27. The molecule has 2 saturated carbocycles. The van der Waals surface area contributed by atoms with E-state index in [1.807, 2.05) is 0 Å². The number of unbranched alkanes of at least 4 members (excludes halogenated alkanes) is 2. The van der Waals surface area contributed by atoms with E-state index >= 15 is 0 Å². The van der Waals surface area contributed by atoms with Gasteiger partial charge in [0.15, 0.2) is 0 Å². The van der Waals surface area contributed by atoms with Crippen molar-refractivity contribution >= 4 is 5.97 Å². The predicted molar refractivity (Wildman–Crippen MR) is 103 cm³/mol. The second kappa shape index (κ2) is 11.2. The van der Waals surface area contributed by atoms with Gasteiger partial charge in [-0.25, -0.2) is 4.79 Å². The van der Waals surface area contributed by atoms with Gasteiger partial charge in [-0.2, -0.15) is 13.2 Å². The van der Waals surface area contributed by atoms with Crippen LogP contribution < -0.4 is 0 Å². The number of carbonyl (C=O) groups is 1. The normalized spacial score (nSPS) is 29.5. The highest BCUT2D eigenvalue weighted by molar-refractivity contribution is 5.89. The maximum atomic E-state index is 12.4. The Morgan fingerprint density at radius 2 is 1.57 bits per heavy atom. The van der Waals surface area contributed by atoms with Crippen molar-refractivity contribution in [2.75, 3.05) is 6.61 Å². The van der Waals surface area contributed by atoms with E-state index < -0.39 is 24.3 Å². The first-order chi connectivity index (χ1) is 13.3. The lowest BCUT2D eigenvalue weighted by atomic mass is 9.70. The Kier molecular flexibility index (Phi) is 9.32. The first kappa shape index (κ1) is 23.2. The Morgan fingerprint density at radius 1 is 1.00 bits per heavy atom. The number of aliphatic hydroxyl groups is 1. The number of ether oxygens (including phenoxy) is 1. The number of rotatable bonds is 8. The Balaban J connectivity index is 1.71. The summed E-state index contributed by atoms with van der Waals surface area (Å²) in [4.78, 5) is 11.9. The van der Waals surface area contributed by atoms with Crippen molar-refractivity contribution in [1.29, 1.82) is 0 Å². The zero-order chi connectivity index (χ0) is 20.6. The van der Waals surface area contributed by atoms with Crippen LogP contribution in [0.3, 0.4) is 0 Å². The van der Waals surface area contributed by atoms with Gasteiger partial charge in [0.25, 0.3) is 0 Å². The summed E-state index contributed by atoms with van der Waals surface area (Å²) in [6, 6.07) is 0. The molecule has 0 aromatic heterocycles. The van der Waals surface area contributed by atoms with Crippen molar-refractivity contribution < 1.29 is 27.8 Å². The van der Waals surface area contributed by atoms with E-state index in [0.29, 0.717) is 18.8 Å². The van der Waals surface area contributed by atoms with Crippen LogP contribution in [0, 0.1) is 17.8 Å². The molecule has 0 aliphatic heterocycles. The molecule has 2 aliphatic rings. The zero-order valence-corrected chi connectivity index (χ0v) is 17.0. The van der Waals surface area contributed by atoms with Crippen molar-refractivity contribution in [3.8, 4) is 0 Å². The summed E-state index contributed by atoms with van der Waals surface area (Å²) in [5.41, 5.74) is -0.726. The highest BCUT2D eigenvalue weighted by Gasteiger charge is 2.33. The van der Waals surface area contributed by atoms with E-state index in [-0.39, 0.29) is 12.2 Å². The predicted octanol–water partition coefficient (Wildman–Crippen LogP) is 5.96. The molecule has 2 rings (SSSR count). The maximum absolute atomic E-state index is 12.4. The zero-order valence-electron chi connectivity index (χ0n) is 17.0. The van der Waals surface area contributed by atoms with Crippen molar-refractivity contribution in [1.82, 2.24) is 0 Å². The van der Waals surface area contributed by atoms with Crippen LogP contribution in [0.15, 0.2) is 11.6 Å². The fourth-order valence-corrected chi connectivity index (χ4v) is 4.90. The van der Waals surface area contributed by atoms with Crippen molar-refractivity contribution in [3.63, 3.8) is 0 Å². The van der Waals surface area contributed by atoms with E-state index in [2.05, 4.69) is 6.92 Å². The molecule has 0 heterocycles. The second-order valence-electron chi connectivity index (χ2n) is 8.59. The van der Waals surface area contributed by atoms with Crippen LogP contribution in [0.2, 0.25) is 0 Å². The smallest absolute Gasteiger partial charge is 0.410 e. The van der Waals surface area contributed by atoms with Crippen LogP contribution in [-0.4, -0.2) is 30.0 Å². The van der Waals surface area contributed by atoms with Crippen LogP contribution in [0.5, 0.6) is 0 Å². The van der Waals surface area contributed by atoms with Crippen LogP contribution in [0.1, 0.15) is 84.0 Å². The average Bonchev–Trinajstić information content (AvgIpc) is 2.67. The lowest BCUT2D eigenvalue weighted by molar-refractivity contribution is -0.147. The summed E-state index contributed by atoms with van der Waals surface area (Å²) in [7, 11) is 0. The number of allylic oxidation sites excluding steroid dienone is 1. The molecular weight excluding hydrogens is 369 g/mol. The molecule has 3 nitrogen and oxygen atoms in total. The van der Waals surface area contributed by atoms with Crippen LogP contribution >= 0.6 is 0 Å². The van der Waals surface area contributed by atoms with Crippen LogP contribution in [0.4, 0.5) is 13.2 Å². The molecule has 0 unspecified atom stereocenters. The Hall–Kier alpha value is -1.04. The summed E-state index contributed by atoms with van der Waals surface area (Å²) >= 11 is 0. The third-order valence-electron chi connectivity index (χ3n) is 6.54. The SMILES string of the molecule is CCCCCC1CCC(C2CCC(OC(=O)/C(=C/C(F)(F)F)CO)CC2)CC1. The molecule has 0 radical (unpaired) electrons. The number of alkyl halides is 3. The lowest BCUT2D eigenvalue weighted by Crippen LogP contribution is -2.30. The number of hydrogen-bond donors (Lipinski definition) is 1. The summed E-state index contributed by atoms with van der Waals surface area (Å²) < 4.78 is 42.5. The van der Waals surface area contributed by atoms with Gasteiger partial charge in [0.05, 0.1) is 12.2 Å². The number of carbonyl (C=O) groups excluding carboxylic acids is 1. The van der Waals surface area contributed by atoms with Gasteiger partial charge in [-0.1, -0.05) is 45.4 Å². The number of halogens is 3. The number of esters is 1. The molecule has 2 fully saturated rings. The first-order valence-electron chi connectivity index (χ1n) is 10.9. The number of aliphatic hydroxyl groups excluding tert-OH is 1. The highest BCUT2D eigenvalue weighted by atomic mass is 19.4. The van der Waals surface area contributed by atoms with Gasteiger partial charge in [0.2, 0.25) is 0 Å². The molecule has 2 aliphatic carbocycles. The molecule has 162 valence electrons. The lowest BCUT2D eigenvalue weighted by Gasteiger charge is -2.37. The largest absolute Gasteiger partial charge is 0.459 e. The fourth-order valence-electron chi connectivity index (χ4n) is 4.90. The topological polar surface area (TPSA) is 46.5 Å². The van der Waals surface area contributed by atoms with E-state index in [1.165, 1.54) is 51.4 Å². The molecule has 0 aromatic rings. The standard InChI is InChI=1S/C22H35F3O3/c1-2-3-4-5-16-6-8-17(9-7-16)18-10-12-20(13-11-18)28-21(27)19(15-26)14-22(23,24)25/h14,16-18,20,26H,2-13,15H2,1H3/b19-14+. The fraction of sp³-hybridized carbons (Fsp3) is 0.864. The summed E-state index contributed by atoms with van der Waals surface area (Å²) in [5.74, 6) is 1.24. The highest BCUT2D eigenvalue weighted by Crippen LogP contribution is 2.41. The molecule has 0 aromatic carbocycles. The molecule has 0 saturated heterocycles. The minimum atomic E-state index is -4.63. The molecule has 1 N–H and O–H groups in total. The quantitative estimate of drug-likeness (QED) is 0.309. The van der Waals surface area contributed by atoms with Gasteiger partial charge in [-0.15, -0.1) is 0 Å². The van der Waals surface area contributed by atoms with Gasteiger partial charge in [-0.05, 0) is 56.3 Å². The van der Waals surface area contributed by atoms with Gasteiger partial charge in [0, 0.05) is 6.08 Å². The van der Waals surface area contributed by atoms with Crippen LogP contribution in [0.25, 0.3) is 0 Å². The molecule has 0 bridgehead atoms. The number of hydrogen-bond acceptors (Lipinski definition) is 3. The van der Waals surface area contributed by atoms with Gasteiger partial charge >= 0.3 is 12.1 Å². The van der Waals surface area contributed by atoms with E-state index in [4.69, 9.17) is 9.84 Å². The van der Waals surface area contributed by atoms with E-state index in [0.717, 1.165) is 24.7 Å². The third-order valence-corrected chi connectivity index (χ3v) is 6.54. The van der Waals surface area contributed by atoms with Crippen molar-refractivity contribution in [3.05, 3.63) is 11.6 Å².